The Morgan fingerprint density at radius 3 is 2.52 bits per heavy atom. The van der Waals surface area contributed by atoms with E-state index in [4.69, 9.17) is 0 Å². The van der Waals surface area contributed by atoms with E-state index < -0.39 is 0 Å². The molecule has 0 saturated carbocycles. The average Bonchev–Trinajstić information content (AvgIpc) is 2.96. The van der Waals surface area contributed by atoms with E-state index in [0.717, 1.165) is 0 Å². The average molecular weight is 341 g/mol. The molecule has 0 fully saturated rings. The fourth-order valence-corrected chi connectivity index (χ4v) is 3.69. The Bertz CT molecular complexity index is 665. The third-order valence-corrected chi connectivity index (χ3v) is 5.07. The van der Waals surface area contributed by atoms with Crippen LogP contribution in [0.1, 0.15) is 53.5 Å². The first-order valence-electron chi connectivity index (χ1n) is 7.76. The Morgan fingerprint density at radius 2 is 1.81 bits per heavy atom. The van der Waals surface area contributed by atoms with E-state index in [1.54, 1.807) is 0 Å². The van der Waals surface area contributed by atoms with Crippen molar-refractivity contribution in [1.29, 1.82) is 0 Å². The number of rotatable bonds is 4. The van der Waals surface area contributed by atoms with E-state index in [-0.39, 0.29) is 0 Å². The normalized spacial score (nSPS) is 16.2. The number of hydrogen-bond acceptors (Lipinski definition) is 0. The van der Waals surface area contributed by atoms with Gasteiger partial charge in [0.25, 0.3) is 0 Å². The smallest absolute Gasteiger partial charge is 0.0290 e. The van der Waals surface area contributed by atoms with E-state index in [1.807, 2.05) is 0 Å². The summed E-state index contributed by atoms with van der Waals surface area (Å²) in [5.74, 6) is 0.384. The van der Waals surface area contributed by atoms with Crippen molar-refractivity contribution in [2.24, 2.45) is 0 Å². The Hall–Kier alpha value is -1.34. The number of unbranched alkanes of at least 4 members (excludes halogenated alkanes) is 1. The number of aryl methyl sites for hydroxylation is 2. The zero-order valence-electron chi connectivity index (χ0n) is 12.7. The van der Waals surface area contributed by atoms with Crippen LogP contribution in [0, 0.1) is 6.92 Å². The monoisotopic (exact) mass is 340 g/mol. The summed E-state index contributed by atoms with van der Waals surface area (Å²) in [5.41, 5.74) is 6.98. The number of fused-ring (bicyclic) bond motifs is 1. The third kappa shape index (κ3) is 2.85. The van der Waals surface area contributed by atoms with Crippen molar-refractivity contribution in [2.75, 3.05) is 0 Å². The van der Waals surface area contributed by atoms with Gasteiger partial charge in [-0.15, -0.1) is 0 Å². The van der Waals surface area contributed by atoms with Gasteiger partial charge in [-0.25, -0.2) is 0 Å². The summed E-state index contributed by atoms with van der Waals surface area (Å²) in [5, 5.41) is 0. The van der Waals surface area contributed by atoms with Crippen molar-refractivity contribution < 1.29 is 0 Å². The van der Waals surface area contributed by atoms with Gasteiger partial charge in [-0.1, -0.05) is 71.8 Å². The van der Waals surface area contributed by atoms with E-state index in [1.165, 1.54) is 51.6 Å². The minimum absolute atomic E-state index is 0.384. The highest BCUT2D eigenvalue weighted by molar-refractivity contribution is 9.10. The van der Waals surface area contributed by atoms with Gasteiger partial charge in [0.15, 0.2) is 0 Å². The van der Waals surface area contributed by atoms with Crippen LogP contribution in [-0.2, 0) is 6.42 Å². The Balaban J connectivity index is 1.91. The van der Waals surface area contributed by atoms with Crippen LogP contribution < -0.4 is 0 Å². The molecule has 108 valence electrons. The molecule has 2 aromatic carbocycles. The van der Waals surface area contributed by atoms with Gasteiger partial charge in [0.1, 0.15) is 0 Å². The minimum Gasteiger partial charge on any atom is -0.0720 e. The van der Waals surface area contributed by atoms with Crippen LogP contribution >= 0.6 is 15.9 Å². The van der Waals surface area contributed by atoms with Crippen molar-refractivity contribution in [3.05, 3.63) is 74.8 Å². The summed E-state index contributed by atoms with van der Waals surface area (Å²) >= 11 is 3.73. The van der Waals surface area contributed by atoms with Crippen LogP contribution in [0.25, 0.3) is 6.08 Å². The van der Waals surface area contributed by atoms with Crippen LogP contribution in [0.5, 0.6) is 0 Å². The van der Waals surface area contributed by atoms with Crippen molar-refractivity contribution >= 4 is 22.0 Å². The number of hydrogen-bond donors (Lipinski definition) is 0. The summed E-state index contributed by atoms with van der Waals surface area (Å²) < 4.78 is 1.22. The van der Waals surface area contributed by atoms with E-state index in [2.05, 4.69) is 78.3 Å². The maximum Gasteiger partial charge on any atom is 0.0290 e. The highest BCUT2D eigenvalue weighted by Crippen LogP contribution is 2.41. The molecule has 0 amide bonds. The summed E-state index contributed by atoms with van der Waals surface area (Å²) in [6.07, 6.45) is 8.31. The first-order chi connectivity index (χ1) is 10.2. The van der Waals surface area contributed by atoms with Gasteiger partial charge in [0.05, 0.1) is 0 Å². The van der Waals surface area contributed by atoms with Crippen LogP contribution in [0.3, 0.4) is 0 Å². The maximum absolute atomic E-state index is 3.73. The van der Waals surface area contributed by atoms with E-state index in [9.17, 15) is 0 Å². The number of benzene rings is 2. The highest BCUT2D eigenvalue weighted by atomic mass is 79.9. The fraction of sp³-hybridized carbons (Fsp3) is 0.300. The third-order valence-electron chi connectivity index (χ3n) is 4.38. The Labute approximate surface area is 136 Å². The van der Waals surface area contributed by atoms with Gasteiger partial charge in [0.2, 0.25) is 0 Å². The second-order valence-electron chi connectivity index (χ2n) is 5.87. The van der Waals surface area contributed by atoms with Gasteiger partial charge in [-0.3, -0.25) is 0 Å². The van der Waals surface area contributed by atoms with E-state index in [0.29, 0.717) is 5.92 Å². The Morgan fingerprint density at radius 1 is 1.05 bits per heavy atom. The first kappa shape index (κ1) is 14.6. The standard InChI is InChI=1S/C20H21Br/c1-3-4-5-15-7-9-16(10-8-15)18-12-11-17-14(2)6-13-19(21)20(17)18/h6-13,18H,3-5H2,1-2H3. The molecule has 0 heterocycles. The molecule has 0 aliphatic heterocycles. The van der Waals surface area contributed by atoms with Gasteiger partial charge in [-0.05, 0) is 53.6 Å². The number of halogens is 1. The zero-order chi connectivity index (χ0) is 14.8. The summed E-state index contributed by atoms with van der Waals surface area (Å²) in [6, 6.07) is 13.5. The summed E-state index contributed by atoms with van der Waals surface area (Å²) in [6.45, 7) is 4.43. The molecule has 3 rings (SSSR count). The molecule has 1 heteroatoms. The molecule has 1 aliphatic rings. The molecule has 0 N–H and O–H groups in total. The lowest BCUT2D eigenvalue weighted by atomic mass is 9.91. The minimum atomic E-state index is 0.384. The Kier molecular flexibility index (Phi) is 4.30. The molecule has 0 aromatic heterocycles. The largest absolute Gasteiger partial charge is 0.0720 e. The lowest BCUT2D eigenvalue weighted by Gasteiger charge is -2.15. The van der Waals surface area contributed by atoms with Gasteiger partial charge in [-0.2, -0.15) is 0 Å². The molecule has 21 heavy (non-hydrogen) atoms. The second kappa shape index (κ2) is 6.19. The molecule has 0 nitrogen and oxygen atoms in total. The SMILES string of the molecule is CCCCc1ccc(C2C=Cc3c(C)ccc(Br)c32)cc1. The summed E-state index contributed by atoms with van der Waals surface area (Å²) in [4.78, 5) is 0. The molecule has 0 spiro atoms. The number of allylic oxidation sites excluding steroid dienone is 1. The van der Waals surface area contributed by atoms with Crippen molar-refractivity contribution in [2.45, 2.75) is 39.0 Å². The van der Waals surface area contributed by atoms with Crippen LogP contribution in [0.15, 0.2) is 46.9 Å². The topological polar surface area (TPSA) is 0 Å². The van der Waals surface area contributed by atoms with Gasteiger partial charge >= 0.3 is 0 Å². The molecule has 2 aromatic rings. The second-order valence-corrected chi connectivity index (χ2v) is 6.73. The van der Waals surface area contributed by atoms with Crippen LogP contribution in [0.2, 0.25) is 0 Å². The van der Waals surface area contributed by atoms with Crippen LogP contribution in [0.4, 0.5) is 0 Å². The quantitative estimate of drug-likeness (QED) is 0.616. The van der Waals surface area contributed by atoms with Crippen molar-refractivity contribution in [3.8, 4) is 0 Å². The molecule has 0 bridgehead atoms. The van der Waals surface area contributed by atoms with Gasteiger partial charge in [0, 0.05) is 10.4 Å². The predicted molar refractivity (Wildman–Crippen MR) is 94.8 cm³/mol. The molecule has 1 aliphatic carbocycles. The molecular formula is C20H21Br. The lowest BCUT2D eigenvalue weighted by molar-refractivity contribution is 0.794. The van der Waals surface area contributed by atoms with Crippen molar-refractivity contribution in [3.63, 3.8) is 0 Å². The van der Waals surface area contributed by atoms with E-state index >= 15 is 0 Å². The molecular weight excluding hydrogens is 320 g/mol. The first-order valence-corrected chi connectivity index (χ1v) is 8.56. The summed E-state index contributed by atoms with van der Waals surface area (Å²) in [7, 11) is 0. The zero-order valence-corrected chi connectivity index (χ0v) is 14.3. The molecule has 0 saturated heterocycles. The predicted octanol–water partition coefficient (Wildman–Crippen LogP) is 6.26. The van der Waals surface area contributed by atoms with Crippen LogP contribution in [-0.4, -0.2) is 0 Å². The van der Waals surface area contributed by atoms with Gasteiger partial charge < -0.3 is 0 Å². The highest BCUT2D eigenvalue weighted by Gasteiger charge is 2.22. The fourth-order valence-electron chi connectivity index (χ4n) is 3.10. The molecule has 1 atom stereocenters. The molecule has 0 radical (unpaired) electrons. The lowest BCUT2D eigenvalue weighted by Crippen LogP contribution is -1.99. The van der Waals surface area contributed by atoms with Crippen molar-refractivity contribution in [1.82, 2.24) is 0 Å². The molecule has 1 unspecified atom stereocenters. The maximum atomic E-state index is 3.73.